The molecule has 0 radical (unpaired) electrons. The minimum absolute atomic E-state index is 0.0623. The maximum absolute atomic E-state index is 12.1. The van der Waals surface area contributed by atoms with E-state index in [-0.39, 0.29) is 5.91 Å². The Labute approximate surface area is 150 Å². The van der Waals surface area contributed by atoms with Crippen molar-refractivity contribution in [2.24, 2.45) is 0 Å². The number of hydrogen-bond donors (Lipinski definition) is 1. The molecular weight excluding hydrogens is 336 g/mol. The van der Waals surface area contributed by atoms with Crippen molar-refractivity contribution < 1.29 is 14.3 Å². The Morgan fingerprint density at radius 1 is 1.16 bits per heavy atom. The van der Waals surface area contributed by atoms with Crippen LogP contribution in [0.15, 0.2) is 60.2 Å². The second-order valence-corrected chi connectivity index (χ2v) is 6.35. The van der Waals surface area contributed by atoms with E-state index in [1.807, 2.05) is 29.6 Å². The van der Waals surface area contributed by atoms with Crippen LogP contribution in [0, 0.1) is 0 Å². The van der Waals surface area contributed by atoms with E-state index in [4.69, 9.17) is 9.47 Å². The van der Waals surface area contributed by atoms with E-state index in [9.17, 15) is 4.79 Å². The summed E-state index contributed by atoms with van der Waals surface area (Å²) in [7, 11) is 1.59. The number of pyridine rings is 1. The summed E-state index contributed by atoms with van der Waals surface area (Å²) >= 11 is 1.57. The van der Waals surface area contributed by atoms with Gasteiger partial charge in [-0.15, -0.1) is 11.3 Å². The first kappa shape index (κ1) is 17.0. The largest absolute Gasteiger partial charge is 0.493 e. The smallest absolute Gasteiger partial charge is 0.229 e. The Morgan fingerprint density at radius 3 is 2.72 bits per heavy atom. The highest BCUT2D eigenvalue weighted by Crippen LogP contribution is 2.31. The average Bonchev–Trinajstić information content (AvgIpc) is 3.14. The van der Waals surface area contributed by atoms with Crippen molar-refractivity contribution in [3.63, 3.8) is 0 Å². The van der Waals surface area contributed by atoms with Gasteiger partial charge in [-0.1, -0.05) is 6.07 Å². The number of carbonyl (C=O) groups is 1. The Balaban J connectivity index is 1.67. The minimum Gasteiger partial charge on any atom is -0.493 e. The Kier molecular flexibility index (Phi) is 5.64. The Hall–Kier alpha value is -2.86. The summed E-state index contributed by atoms with van der Waals surface area (Å²) in [6.45, 7) is 0.394. The fourth-order valence-electron chi connectivity index (χ4n) is 2.28. The molecule has 5 nitrogen and oxygen atoms in total. The van der Waals surface area contributed by atoms with E-state index < -0.39 is 0 Å². The van der Waals surface area contributed by atoms with Crippen molar-refractivity contribution in [3.05, 3.63) is 70.7 Å². The SMILES string of the molecule is COc1ccc(NC(=O)Cc2cccs2)cc1OCc1ccncc1. The highest BCUT2D eigenvalue weighted by molar-refractivity contribution is 7.10. The first-order valence-electron chi connectivity index (χ1n) is 7.76. The first-order valence-corrected chi connectivity index (χ1v) is 8.64. The van der Waals surface area contributed by atoms with Crippen molar-refractivity contribution in [2.45, 2.75) is 13.0 Å². The minimum atomic E-state index is -0.0623. The lowest BCUT2D eigenvalue weighted by atomic mass is 10.2. The van der Waals surface area contributed by atoms with Gasteiger partial charge in [0.2, 0.25) is 5.91 Å². The number of thiophene rings is 1. The molecule has 0 aliphatic carbocycles. The van der Waals surface area contributed by atoms with Crippen LogP contribution in [0.5, 0.6) is 11.5 Å². The topological polar surface area (TPSA) is 60.5 Å². The molecular formula is C19H18N2O3S. The highest BCUT2D eigenvalue weighted by atomic mass is 32.1. The molecule has 128 valence electrons. The number of aromatic nitrogens is 1. The standard InChI is InChI=1S/C19H18N2O3S/c1-23-17-5-4-15(21-19(22)12-16-3-2-10-25-16)11-18(17)24-13-14-6-8-20-9-7-14/h2-11H,12-13H2,1H3,(H,21,22). The van der Waals surface area contributed by atoms with Gasteiger partial charge in [-0.3, -0.25) is 9.78 Å². The number of methoxy groups -OCH3 is 1. The van der Waals surface area contributed by atoms with Crippen LogP contribution in [-0.2, 0) is 17.8 Å². The average molecular weight is 354 g/mol. The van der Waals surface area contributed by atoms with E-state index in [0.717, 1.165) is 10.4 Å². The molecule has 2 heterocycles. The zero-order chi connectivity index (χ0) is 17.5. The van der Waals surface area contributed by atoms with Crippen molar-refractivity contribution in [1.82, 2.24) is 4.98 Å². The third-order valence-corrected chi connectivity index (χ3v) is 4.38. The van der Waals surface area contributed by atoms with Crippen LogP contribution < -0.4 is 14.8 Å². The molecule has 1 aromatic carbocycles. The molecule has 6 heteroatoms. The molecule has 0 bridgehead atoms. The number of ether oxygens (including phenoxy) is 2. The van der Waals surface area contributed by atoms with Crippen LogP contribution in [0.2, 0.25) is 0 Å². The van der Waals surface area contributed by atoms with Crippen molar-refractivity contribution >= 4 is 22.9 Å². The molecule has 0 spiro atoms. The third-order valence-electron chi connectivity index (χ3n) is 3.51. The van der Waals surface area contributed by atoms with E-state index in [0.29, 0.717) is 30.2 Å². The predicted octanol–water partition coefficient (Wildman–Crippen LogP) is 3.91. The fourth-order valence-corrected chi connectivity index (χ4v) is 2.99. The van der Waals surface area contributed by atoms with Gasteiger partial charge in [0.15, 0.2) is 11.5 Å². The molecule has 0 aliphatic rings. The van der Waals surface area contributed by atoms with Gasteiger partial charge in [0.25, 0.3) is 0 Å². The lowest BCUT2D eigenvalue weighted by molar-refractivity contribution is -0.115. The van der Waals surface area contributed by atoms with Gasteiger partial charge in [-0.05, 0) is 41.3 Å². The number of nitrogens with zero attached hydrogens (tertiary/aromatic N) is 1. The number of nitrogens with one attached hydrogen (secondary N) is 1. The highest BCUT2D eigenvalue weighted by Gasteiger charge is 2.10. The number of benzene rings is 1. The van der Waals surface area contributed by atoms with Crippen molar-refractivity contribution in [1.29, 1.82) is 0 Å². The zero-order valence-corrected chi connectivity index (χ0v) is 14.6. The maximum atomic E-state index is 12.1. The summed E-state index contributed by atoms with van der Waals surface area (Å²) in [5, 5.41) is 4.85. The van der Waals surface area contributed by atoms with E-state index >= 15 is 0 Å². The van der Waals surface area contributed by atoms with Gasteiger partial charge in [0, 0.05) is 29.0 Å². The molecule has 0 unspecified atom stereocenters. The van der Waals surface area contributed by atoms with Crippen LogP contribution in [0.1, 0.15) is 10.4 Å². The van der Waals surface area contributed by atoms with Crippen LogP contribution in [-0.4, -0.2) is 18.0 Å². The molecule has 0 atom stereocenters. The molecule has 25 heavy (non-hydrogen) atoms. The lowest BCUT2D eigenvalue weighted by Gasteiger charge is -2.13. The molecule has 1 amide bonds. The van der Waals surface area contributed by atoms with Gasteiger partial charge in [0.05, 0.1) is 13.5 Å². The molecule has 0 fully saturated rings. The van der Waals surface area contributed by atoms with Crippen LogP contribution in [0.25, 0.3) is 0 Å². The van der Waals surface area contributed by atoms with Crippen LogP contribution >= 0.6 is 11.3 Å². The fraction of sp³-hybridized carbons (Fsp3) is 0.158. The van der Waals surface area contributed by atoms with Gasteiger partial charge < -0.3 is 14.8 Å². The molecule has 2 aromatic heterocycles. The summed E-state index contributed by atoms with van der Waals surface area (Å²) in [6, 6.07) is 13.0. The number of anilines is 1. The third kappa shape index (κ3) is 4.81. The number of rotatable bonds is 7. The Morgan fingerprint density at radius 2 is 2.00 bits per heavy atom. The number of amides is 1. The summed E-state index contributed by atoms with van der Waals surface area (Å²) in [6.07, 6.45) is 3.80. The van der Waals surface area contributed by atoms with Crippen molar-refractivity contribution in [3.8, 4) is 11.5 Å². The summed E-state index contributed by atoms with van der Waals surface area (Å²) < 4.78 is 11.2. The maximum Gasteiger partial charge on any atom is 0.229 e. The molecule has 0 saturated heterocycles. The summed E-state index contributed by atoms with van der Waals surface area (Å²) in [5.41, 5.74) is 1.68. The summed E-state index contributed by atoms with van der Waals surface area (Å²) in [5.74, 6) is 1.13. The van der Waals surface area contributed by atoms with Gasteiger partial charge in [-0.2, -0.15) is 0 Å². The van der Waals surface area contributed by atoms with Crippen LogP contribution in [0.4, 0.5) is 5.69 Å². The van der Waals surface area contributed by atoms with E-state index in [2.05, 4.69) is 10.3 Å². The molecule has 0 saturated carbocycles. The Bertz CT molecular complexity index is 820. The zero-order valence-electron chi connectivity index (χ0n) is 13.8. The number of carbonyl (C=O) groups excluding carboxylic acids is 1. The predicted molar refractivity (Wildman–Crippen MR) is 98.2 cm³/mol. The summed E-state index contributed by atoms with van der Waals surface area (Å²) in [4.78, 5) is 17.2. The lowest BCUT2D eigenvalue weighted by Crippen LogP contribution is -2.13. The van der Waals surface area contributed by atoms with Gasteiger partial charge >= 0.3 is 0 Å². The van der Waals surface area contributed by atoms with Gasteiger partial charge in [-0.25, -0.2) is 0 Å². The normalized spacial score (nSPS) is 10.3. The van der Waals surface area contributed by atoms with Crippen molar-refractivity contribution in [2.75, 3.05) is 12.4 Å². The van der Waals surface area contributed by atoms with E-state index in [1.165, 1.54) is 0 Å². The van der Waals surface area contributed by atoms with Gasteiger partial charge in [0.1, 0.15) is 6.61 Å². The molecule has 1 N–H and O–H groups in total. The molecule has 3 rings (SSSR count). The van der Waals surface area contributed by atoms with Crippen LogP contribution in [0.3, 0.4) is 0 Å². The number of hydrogen-bond acceptors (Lipinski definition) is 5. The second kappa shape index (κ2) is 8.30. The quantitative estimate of drug-likeness (QED) is 0.699. The molecule has 0 aliphatic heterocycles. The second-order valence-electron chi connectivity index (χ2n) is 5.31. The van der Waals surface area contributed by atoms with E-state index in [1.54, 1.807) is 49.0 Å². The first-order chi connectivity index (χ1) is 12.2. The molecule has 3 aromatic rings. The monoisotopic (exact) mass is 354 g/mol.